The summed E-state index contributed by atoms with van der Waals surface area (Å²) in [6, 6.07) is 16.8. The van der Waals surface area contributed by atoms with E-state index in [0.717, 1.165) is 41.5 Å². The Balaban J connectivity index is 1.13. The number of benzene rings is 3. The second-order valence-electron chi connectivity index (χ2n) is 11.7. The fourth-order valence-corrected chi connectivity index (χ4v) is 6.23. The number of rotatable bonds is 19. The lowest BCUT2D eigenvalue weighted by atomic mass is 10.0. The molecular weight excluding hydrogens is 651 g/mol. The summed E-state index contributed by atoms with van der Waals surface area (Å²) < 4.78 is 33.7. The van der Waals surface area contributed by atoms with E-state index in [-0.39, 0.29) is 11.7 Å². The SMILES string of the molecule is CNC(=O)c1c(-c2ccc(F)cc2)oc2cc(N(CCOCCOCCCc3cccc(C(=O)CC(=O)C(=O)O)c3)SC)c(C3CC3)cc12. The van der Waals surface area contributed by atoms with Crippen molar-refractivity contribution in [1.29, 1.82) is 0 Å². The summed E-state index contributed by atoms with van der Waals surface area (Å²) in [5, 5.41) is 12.2. The molecule has 1 amide bonds. The fraction of sp³-hybridized carbons (Fsp3) is 0.351. The average molecular weight is 691 g/mol. The highest BCUT2D eigenvalue weighted by Crippen LogP contribution is 2.48. The second kappa shape index (κ2) is 16.7. The van der Waals surface area contributed by atoms with E-state index in [1.807, 2.05) is 18.4 Å². The third kappa shape index (κ3) is 9.14. The van der Waals surface area contributed by atoms with Gasteiger partial charge in [0.25, 0.3) is 5.91 Å². The number of furan rings is 1. The predicted octanol–water partition coefficient (Wildman–Crippen LogP) is 6.45. The normalized spacial score (nSPS) is 12.6. The number of hydrogen-bond acceptors (Lipinski definition) is 9. The molecule has 12 heteroatoms. The molecule has 5 rings (SSSR count). The van der Waals surface area contributed by atoms with Gasteiger partial charge in [-0.1, -0.05) is 30.1 Å². The highest BCUT2D eigenvalue weighted by molar-refractivity contribution is 7.99. The van der Waals surface area contributed by atoms with E-state index < -0.39 is 24.0 Å². The number of carboxylic acids is 1. The number of carbonyl (C=O) groups is 4. The minimum absolute atomic E-state index is 0.265. The van der Waals surface area contributed by atoms with Gasteiger partial charge in [-0.3, -0.25) is 14.4 Å². The largest absolute Gasteiger partial charge is 0.475 e. The molecule has 0 bridgehead atoms. The van der Waals surface area contributed by atoms with E-state index in [4.69, 9.17) is 19.0 Å². The van der Waals surface area contributed by atoms with Gasteiger partial charge in [0, 0.05) is 42.5 Å². The summed E-state index contributed by atoms with van der Waals surface area (Å²) in [4.78, 5) is 47.3. The molecule has 4 aromatic rings. The van der Waals surface area contributed by atoms with E-state index in [2.05, 4.69) is 15.7 Å². The van der Waals surface area contributed by atoms with Crippen LogP contribution >= 0.6 is 11.9 Å². The maximum absolute atomic E-state index is 13.7. The van der Waals surface area contributed by atoms with Gasteiger partial charge in [-0.15, -0.1) is 0 Å². The minimum Gasteiger partial charge on any atom is -0.475 e. The van der Waals surface area contributed by atoms with Crippen molar-refractivity contribution in [1.82, 2.24) is 5.32 Å². The number of amides is 1. The Morgan fingerprint density at radius 2 is 1.73 bits per heavy atom. The van der Waals surface area contributed by atoms with Crippen LogP contribution in [0.1, 0.15) is 63.4 Å². The van der Waals surface area contributed by atoms with Crippen LogP contribution in [0.4, 0.5) is 10.1 Å². The van der Waals surface area contributed by atoms with Crippen LogP contribution in [0.3, 0.4) is 0 Å². The zero-order chi connectivity index (χ0) is 34.9. The van der Waals surface area contributed by atoms with Crippen molar-refractivity contribution in [3.05, 3.63) is 88.7 Å². The summed E-state index contributed by atoms with van der Waals surface area (Å²) in [5.74, 6) is -3.08. The average Bonchev–Trinajstić information content (AvgIpc) is 3.89. The van der Waals surface area contributed by atoms with E-state index >= 15 is 0 Å². The Morgan fingerprint density at radius 3 is 2.41 bits per heavy atom. The zero-order valence-electron chi connectivity index (χ0n) is 27.5. The van der Waals surface area contributed by atoms with Crippen molar-refractivity contribution >= 4 is 52.0 Å². The highest BCUT2D eigenvalue weighted by atomic mass is 32.2. The van der Waals surface area contributed by atoms with Gasteiger partial charge in [0.15, 0.2) is 5.78 Å². The number of anilines is 1. The number of ether oxygens (including phenoxy) is 2. The van der Waals surface area contributed by atoms with Crippen LogP contribution in [0.5, 0.6) is 0 Å². The summed E-state index contributed by atoms with van der Waals surface area (Å²) >= 11 is 1.59. The fourth-order valence-electron chi connectivity index (χ4n) is 5.62. The van der Waals surface area contributed by atoms with Crippen LogP contribution < -0.4 is 9.62 Å². The molecule has 1 heterocycles. The van der Waals surface area contributed by atoms with Gasteiger partial charge in [0.1, 0.15) is 17.2 Å². The number of Topliss-reactive ketones (excluding diaryl/α,β-unsaturated/α-hetero) is 2. The third-order valence-electron chi connectivity index (χ3n) is 8.28. The highest BCUT2D eigenvalue weighted by Gasteiger charge is 2.31. The first-order chi connectivity index (χ1) is 23.7. The number of fused-ring (bicyclic) bond motifs is 1. The summed E-state index contributed by atoms with van der Waals surface area (Å²) in [5.41, 5.74) is 5.04. The van der Waals surface area contributed by atoms with Gasteiger partial charge in [-0.05, 0) is 79.1 Å². The van der Waals surface area contributed by atoms with Gasteiger partial charge < -0.3 is 28.6 Å². The molecule has 0 atom stereocenters. The van der Waals surface area contributed by atoms with E-state index in [9.17, 15) is 23.6 Å². The number of nitrogens with one attached hydrogen (secondary N) is 1. The molecule has 258 valence electrons. The molecular formula is C37H39FN2O8S. The van der Waals surface area contributed by atoms with Crippen molar-refractivity contribution < 1.29 is 42.6 Å². The van der Waals surface area contributed by atoms with E-state index in [1.54, 1.807) is 49.3 Å². The molecule has 1 aliphatic rings. The van der Waals surface area contributed by atoms with Crippen LogP contribution in [0.2, 0.25) is 0 Å². The lowest BCUT2D eigenvalue weighted by Gasteiger charge is -2.24. The van der Waals surface area contributed by atoms with Crippen LogP contribution in [0, 0.1) is 5.82 Å². The van der Waals surface area contributed by atoms with Gasteiger partial charge in [0.05, 0.1) is 44.0 Å². The monoisotopic (exact) mass is 690 g/mol. The Hall–Kier alpha value is -4.52. The molecule has 1 aromatic heterocycles. The molecule has 0 aliphatic heterocycles. The zero-order valence-corrected chi connectivity index (χ0v) is 28.3. The number of nitrogens with zero attached hydrogens (tertiary/aromatic N) is 1. The first kappa shape index (κ1) is 35.8. The maximum Gasteiger partial charge on any atom is 0.372 e. The van der Waals surface area contributed by atoms with Crippen molar-refractivity contribution in [2.75, 3.05) is 50.6 Å². The smallest absolute Gasteiger partial charge is 0.372 e. The number of halogens is 1. The first-order valence-electron chi connectivity index (χ1n) is 16.1. The van der Waals surface area contributed by atoms with Gasteiger partial charge in [-0.2, -0.15) is 0 Å². The van der Waals surface area contributed by atoms with Gasteiger partial charge in [0.2, 0.25) is 5.78 Å². The molecule has 1 fully saturated rings. The molecule has 0 saturated heterocycles. The van der Waals surface area contributed by atoms with Crippen molar-refractivity contribution in [2.24, 2.45) is 0 Å². The van der Waals surface area contributed by atoms with Crippen molar-refractivity contribution in [3.63, 3.8) is 0 Å². The third-order valence-corrected chi connectivity index (χ3v) is 9.10. The van der Waals surface area contributed by atoms with Crippen molar-refractivity contribution in [2.45, 2.75) is 38.0 Å². The Bertz CT molecular complexity index is 1820. The van der Waals surface area contributed by atoms with Crippen LogP contribution in [0.15, 0.2) is 65.1 Å². The quantitative estimate of drug-likeness (QED) is 0.0372. The Morgan fingerprint density at radius 1 is 1.00 bits per heavy atom. The molecule has 0 unspecified atom stereocenters. The number of aryl methyl sites for hydroxylation is 1. The number of carbonyl (C=O) groups excluding carboxylic acids is 3. The molecule has 3 aromatic carbocycles. The summed E-state index contributed by atoms with van der Waals surface area (Å²) in [6.07, 6.45) is 4.88. The number of aliphatic carboxylic acids is 1. The predicted molar refractivity (Wildman–Crippen MR) is 186 cm³/mol. The Labute approximate surface area is 288 Å². The van der Waals surface area contributed by atoms with Crippen molar-refractivity contribution in [3.8, 4) is 11.3 Å². The van der Waals surface area contributed by atoms with E-state index in [0.29, 0.717) is 73.3 Å². The molecule has 0 spiro atoms. The molecule has 10 nitrogen and oxygen atoms in total. The molecule has 1 saturated carbocycles. The second-order valence-corrected chi connectivity index (χ2v) is 12.5. The van der Waals surface area contributed by atoms with Crippen LogP contribution in [0.25, 0.3) is 22.3 Å². The lowest BCUT2D eigenvalue weighted by Crippen LogP contribution is -2.22. The van der Waals surface area contributed by atoms with Crippen LogP contribution in [-0.2, 0) is 25.5 Å². The summed E-state index contributed by atoms with van der Waals surface area (Å²) in [7, 11) is 1.58. The maximum atomic E-state index is 13.7. The number of carboxylic acid groups (broad SMARTS) is 1. The minimum atomic E-state index is -1.61. The van der Waals surface area contributed by atoms with Gasteiger partial charge >= 0.3 is 5.97 Å². The molecule has 2 N–H and O–H groups in total. The molecule has 0 radical (unpaired) electrons. The molecule has 1 aliphatic carbocycles. The standard InChI is InChI=1S/C37H39FN2O8S/c1-39-36(43)34-29-20-28(24-8-9-24)30(21-33(29)48-35(34)25-10-12-27(38)13-11-25)40(49-2)14-16-47-18-17-46-15-4-6-23-5-3-7-26(19-23)31(41)22-32(42)37(44)45/h3,5,7,10-13,19-21,24H,4,6,8-9,14-18,22H2,1-2H3,(H,39,43)(H,44,45). The lowest BCUT2D eigenvalue weighted by molar-refractivity contribution is -0.148. The Kier molecular flexibility index (Phi) is 12.2. The molecule has 49 heavy (non-hydrogen) atoms. The van der Waals surface area contributed by atoms with Crippen LogP contribution in [-0.4, -0.2) is 74.8 Å². The number of ketones is 2. The van der Waals surface area contributed by atoms with E-state index in [1.165, 1.54) is 12.1 Å². The summed E-state index contributed by atoms with van der Waals surface area (Å²) in [6.45, 7) is 2.44. The van der Waals surface area contributed by atoms with Gasteiger partial charge in [-0.25, -0.2) is 9.18 Å². The first-order valence-corrected chi connectivity index (χ1v) is 17.3. The topological polar surface area (TPSA) is 135 Å². The number of hydrogen-bond donors (Lipinski definition) is 2.